The molecule has 7 nitrogen and oxygen atoms in total. The predicted molar refractivity (Wildman–Crippen MR) is 180 cm³/mol. The Bertz CT molecular complexity index is 1610. The number of thiophene rings is 1. The Kier molecular flexibility index (Phi) is 10.3. The third-order valence-electron chi connectivity index (χ3n) is 7.09. The first-order valence-corrected chi connectivity index (χ1v) is 16.1. The average Bonchev–Trinajstić information content (AvgIpc) is 3.19. The van der Waals surface area contributed by atoms with Crippen LogP contribution in [0.4, 0.5) is 16.4 Å². The number of methoxy groups -OCH3 is 2. The molecule has 1 aliphatic carbocycles. The van der Waals surface area contributed by atoms with Gasteiger partial charge in [-0.05, 0) is 79.4 Å². The van der Waals surface area contributed by atoms with Gasteiger partial charge in [-0.2, -0.15) is 0 Å². The van der Waals surface area contributed by atoms with Gasteiger partial charge in [0.2, 0.25) is 5.91 Å². The van der Waals surface area contributed by atoms with Gasteiger partial charge in [0, 0.05) is 15.5 Å². The second kappa shape index (κ2) is 14.5. The molecule has 0 fully saturated rings. The van der Waals surface area contributed by atoms with E-state index in [-0.39, 0.29) is 5.91 Å². The number of carbonyl (C=O) groups is 2. The van der Waals surface area contributed by atoms with Gasteiger partial charge in [0.25, 0.3) is 0 Å². The highest BCUT2D eigenvalue weighted by atomic mass is 32.2. The number of hydrogen-bond donors (Lipinski definition) is 3. The highest BCUT2D eigenvalue weighted by Crippen LogP contribution is 2.41. The lowest BCUT2D eigenvalue weighted by molar-refractivity contribution is -0.115. The molecular formula is C33H33N3O4S3. The fourth-order valence-corrected chi connectivity index (χ4v) is 7.63. The van der Waals surface area contributed by atoms with Crippen LogP contribution in [0.5, 0.6) is 5.75 Å². The van der Waals surface area contributed by atoms with E-state index in [1.54, 1.807) is 7.11 Å². The molecule has 1 amide bonds. The summed E-state index contributed by atoms with van der Waals surface area (Å²) >= 11 is 8.48. The molecule has 1 unspecified atom stereocenters. The van der Waals surface area contributed by atoms with Crippen molar-refractivity contribution in [2.45, 2.75) is 42.2 Å². The van der Waals surface area contributed by atoms with E-state index >= 15 is 0 Å². The number of nitrogens with one attached hydrogen (secondary N) is 3. The molecule has 222 valence electrons. The quantitative estimate of drug-likeness (QED) is 0.0740. The number of anilines is 3. The molecule has 10 heteroatoms. The maximum Gasteiger partial charge on any atom is 0.341 e. The Labute approximate surface area is 265 Å². The molecular weight excluding hydrogens is 599 g/mol. The van der Waals surface area contributed by atoms with Crippen LogP contribution in [0.3, 0.4) is 0 Å². The zero-order valence-electron chi connectivity index (χ0n) is 24.0. The molecule has 1 heterocycles. The topological polar surface area (TPSA) is 88.7 Å². The number of aryl methyl sites for hydroxylation is 1. The number of benzene rings is 3. The van der Waals surface area contributed by atoms with Crippen molar-refractivity contribution in [1.82, 2.24) is 0 Å². The van der Waals surface area contributed by atoms with Crippen LogP contribution in [0.15, 0.2) is 83.8 Å². The summed E-state index contributed by atoms with van der Waals surface area (Å²) in [5.74, 6) is 0.0738. The maximum absolute atomic E-state index is 14.0. The van der Waals surface area contributed by atoms with Crippen LogP contribution in [0.25, 0.3) is 0 Å². The molecule has 1 aliphatic rings. The lowest BCUT2D eigenvalue weighted by Crippen LogP contribution is -2.20. The number of hydrogen-bond acceptors (Lipinski definition) is 7. The molecule has 0 bridgehead atoms. The Hall–Kier alpha value is -3.86. The van der Waals surface area contributed by atoms with Crippen molar-refractivity contribution in [3.05, 3.63) is 100 Å². The highest BCUT2D eigenvalue weighted by molar-refractivity contribution is 8.00. The van der Waals surface area contributed by atoms with Gasteiger partial charge in [0.15, 0.2) is 5.11 Å². The van der Waals surface area contributed by atoms with Crippen LogP contribution in [-0.4, -0.2) is 31.2 Å². The number of amides is 1. The van der Waals surface area contributed by atoms with Gasteiger partial charge in [-0.15, -0.1) is 23.1 Å². The fourth-order valence-electron chi connectivity index (χ4n) is 5.04. The highest BCUT2D eigenvalue weighted by Gasteiger charge is 2.29. The number of thioether (sulfide) groups is 1. The van der Waals surface area contributed by atoms with E-state index in [1.165, 1.54) is 30.2 Å². The maximum atomic E-state index is 14.0. The van der Waals surface area contributed by atoms with Crippen LogP contribution >= 0.6 is 35.3 Å². The van der Waals surface area contributed by atoms with Gasteiger partial charge in [-0.25, -0.2) is 4.79 Å². The fraction of sp³-hybridized carbons (Fsp3) is 0.242. The largest absolute Gasteiger partial charge is 0.495 e. The Morgan fingerprint density at radius 1 is 0.884 bits per heavy atom. The third-order valence-corrected chi connectivity index (χ3v) is 9.75. The minimum Gasteiger partial charge on any atom is -0.495 e. The Balaban J connectivity index is 1.37. The minimum atomic E-state index is -0.567. The van der Waals surface area contributed by atoms with Crippen LogP contribution < -0.4 is 20.7 Å². The summed E-state index contributed by atoms with van der Waals surface area (Å²) in [4.78, 5) is 28.9. The molecule has 0 radical (unpaired) electrons. The lowest BCUT2D eigenvalue weighted by atomic mass is 10.1. The number of esters is 1. The van der Waals surface area contributed by atoms with E-state index in [1.807, 2.05) is 78.9 Å². The van der Waals surface area contributed by atoms with Gasteiger partial charge in [-0.3, -0.25) is 4.79 Å². The van der Waals surface area contributed by atoms with Crippen molar-refractivity contribution >= 4 is 68.7 Å². The van der Waals surface area contributed by atoms with Gasteiger partial charge in [0.1, 0.15) is 16.0 Å². The monoisotopic (exact) mass is 631 g/mol. The first kappa shape index (κ1) is 30.6. The third kappa shape index (κ3) is 7.57. The zero-order valence-corrected chi connectivity index (χ0v) is 26.4. The van der Waals surface area contributed by atoms with E-state index in [0.29, 0.717) is 21.4 Å². The van der Waals surface area contributed by atoms with Crippen molar-refractivity contribution < 1.29 is 19.1 Å². The molecule has 3 aromatic carbocycles. The molecule has 4 aromatic rings. The molecule has 0 spiro atoms. The van der Waals surface area contributed by atoms with Crippen LogP contribution in [0.2, 0.25) is 0 Å². The molecule has 5 rings (SSSR count). The molecule has 1 atom stereocenters. The number of para-hydroxylation sites is 2. The lowest BCUT2D eigenvalue weighted by Gasteiger charge is -2.18. The number of thiocarbonyl (C=S) groups is 1. The second-order valence-corrected chi connectivity index (χ2v) is 12.7. The van der Waals surface area contributed by atoms with Crippen molar-refractivity contribution in [2.75, 3.05) is 30.2 Å². The van der Waals surface area contributed by atoms with Gasteiger partial charge in [0.05, 0.1) is 25.5 Å². The van der Waals surface area contributed by atoms with Crippen molar-refractivity contribution in [1.29, 1.82) is 0 Å². The molecule has 0 saturated carbocycles. The smallest absolute Gasteiger partial charge is 0.341 e. The molecule has 1 aromatic heterocycles. The van der Waals surface area contributed by atoms with Crippen molar-refractivity contribution in [3.8, 4) is 5.75 Å². The summed E-state index contributed by atoms with van der Waals surface area (Å²) in [7, 11) is 3.00. The Morgan fingerprint density at radius 3 is 2.44 bits per heavy atom. The molecule has 43 heavy (non-hydrogen) atoms. The van der Waals surface area contributed by atoms with E-state index in [0.717, 1.165) is 64.4 Å². The number of rotatable bonds is 9. The van der Waals surface area contributed by atoms with Crippen LogP contribution in [0, 0.1) is 0 Å². The summed E-state index contributed by atoms with van der Waals surface area (Å²) in [5.41, 5.74) is 3.90. The standard InChI is InChI=1S/C33H33N3O4S3/c1-39-26-18-10-9-17-25(26)35-33(41)34-22-14-11-15-23(20-22)42-29(21-12-5-3-6-13-21)30(37)36-31-28(32(38)40-2)24-16-7-4-8-19-27(24)43-31/h3,5-6,9-15,17-18,20,29H,4,7-8,16,19H2,1-2H3,(H,36,37)(H2,34,35,41). The Morgan fingerprint density at radius 2 is 1.65 bits per heavy atom. The summed E-state index contributed by atoms with van der Waals surface area (Å²) in [5, 5.41) is 9.91. The van der Waals surface area contributed by atoms with Crippen LogP contribution in [-0.2, 0) is 22.4 Å². The second-order valence-electron chi connectivity index (χ2n) is 9.97. The van der Waals surface area contributed by atoms with Crippen LogP contribution in [0.1, 0.15) is 50.9 Å². The average molecular weight is 632 g/mol. The van der Waals surface area contributed by atoms with Gasteiger partial charge >= 0.3 is 5.97 Å². The summed E-state index contributed by atoms with van der Waals surface area (Å²) < 4.78 is 10.5. The van der Waals surface area contributed by atoms with E-state index in [4.69, 9.17) is 21.7 Å². The molecule has 0 aliphatic heterocycles. The van der Waals surface area contributed by atoms with E-state index < -0.39 is 11.2 Å². The molecule has 3 N–H and O–H groups in total. The number of fused-ring (bicyclic) bond motifs is 1. The first-order chi connectivity index (χ1) is 21.0. The SMILES string of the molecule is COC(=O)c1c(NC(=O)C(Sc2cccc(NC(=S)Nc3ccccc3OC)c2)c2ccccc2)sc2c1CCCCC2. The summed E-state index contributed by atoms with van der Waals surface area (Å²) in [6.45, 7) is 0. The van der Waals surface area contributed by atoms with Crippen molar-refractivity contribution in [2.24, 2.45) is 0 Å². The van der Waals surface area contributed by atoms with Crippen molar-refractivity contribution in [3.63, 3.8) is 0 Å². The minimum absolute atomic E-state index is 0.204. The van der Waals surface area contributed by atoms with Gasteiger partial charge in [-0.1, -0.05) is 55.0 Å². The van der Waals surface area contributed by atoms with E-state index in [9.17, 15) is 9.59 Å². The zero-order chi connectivity index (χ0) is 30.2. The molecule has 0 saturated heterocycles. The normalized spacial score (nSPS) is 13.2. The van der Waals surface area contributed by atoms with Gasteiger partial charge < -0.3 is 25.4 Å². The summed E-state index contributed by atoms with van der Waals surface area (Å²) in [6, 6.07) is 24.9. The first-order valence-electron chi connectivity index (χ1n) is 14.0. The predicted octanol–water partition coefficient (Wildman–Crippen LogP) is 8.09. The van der Waals surface area contributed by atoms with E-state index in [2.05, 4.69) is 16.0 Å². The summed E-state index contributed by atoms with van der Waals surface area (Å²) in [6.07, 6.45) is 4.95. The number of carbonyl (C=O) groups excluding carboxylic acids is 2. The number of ether oxygens (including phenoxy) is 2.